The van der Waals surface area contributed by atoms with E-state index in [0.717, 1.165) is 12.2 Å². The van der Waals surface area contributed by atoms with E-state index in [9.17, 15) is 4.79 Å². The lowest BCUT2D eigenvalue weighted by Crippen LogP contribution is -2.19. The first-order valence-electron chi connectivity index (χ1n) is 4.59. The molecule has 0 aromatic carbocycles. The van der Waals surface area contributed by atoms with Crippen molar-refractivity contribution >= 4 is 18.1 Å². The van der Waals surface area contributed by atoms with Crippen molar-refractivity contribution in [1.82, 2.24) is 14.5 Å². The van der Waals surface area contributed by atoms with Gasteiger partial charge in [0.2, 0.25) is 5.91 Å². The number of aryl methyl sites for hydroxylation is 1. The van der Waals surface area contributed by atoms with E-state index in [2.05, 4.69) is 4.98 Å². The summed E-state index contributed by atoms with van der Waals surface area (Å²) in [5.41, 5.74) is 1.04. The van der Waals surface area contributed by atoms with Gasteiger partial charge in [-0.1, -0.05) is 0 Å². The van der Waals surface area contributed by atoms with Crippen LogP contribution in [0.3, 0.4) is 0 Å². The van der Waals surface area contributed by atoms with Crippen LogP contribution >= 0.6 is 12.2 Å². The van der Waals surface area contributed by atoms with Crippen LogP contribution in [0.4, 0.5) is 0 Å². The third-order valence-corrected chi connectivity index (χ3v) is 2.90. The highest BCUT2D eigenvalue weighted by Crippen LogP contribution is 2.22. The van der Waals surface area contributed by atoms with Crippen LogP contribution in [0.25, 0.3) is 0 Å². The fourth-order valence-corrected chi connectivity index (χ4v) is 2.19. The number of nitrogens with one attached hydrogen (secondary N) is 1. The van der Waals surface area contributed by atoms with E-state index < -0.39 is 0 Å². The molecule has 1 amide bonds. The number of aromatic nitrogens is 2. The fraction of sp³-hybridized carbons (Fsp3) is 0.556. The van der Waals surface area contributed by atoms with E-state index in [0.29, 0.717) is 11.2 Å². The van der Waals surface area contributed by atoms with Crippen molar-refractivity contribution < 1.29 is 4.79 Å². The Hall–Kier alpha value is -1.10. The molecule has 1 aliphatic rings. The molecule has 76 valence electrons. The number of amides is 1. The van der Waals surface area contributed by atoms with Crippen molar-refractivity contribution in [1.29, 1.82) is 0 Å². The van der Waals surface area contributed by atoms with Gasteiger partial charge >= 0.3 is 0 Å². The Balaban J connectivity index is 2.29. The van der Waals surface area contributed by atoms with Crippen LogP contribution in [0.1, 0.15) is 18.2 Å². The van der Waals surface area contributed by atoms with Crippen molar-refractivity contribution in [2.24, 2.45) is 0 Å². The van der Waals surface area contributed by atoms with Gasteiger partial charge in [0.15, 0.2) is 4.77 Å². The number of hydrogen-bond donors (Lipinski definition) is 1. The first-order valence-corrected chi connectivity index (χ1v) is 5.00. The molecule has 0 radical (unpaired) electrons. The average Bonchev–Trinajstić information content (AvgIpc) is 2.57. The van der Waals surface area contributed by atoms with Crippen LogP contribution in [0.15, 0.2) is 6.20 Å². The normalized spacial score (nSPS) is 22.0. The smallest absolute Gasteiger partial charge is 0.224 e. The average molecular weight is 211 g/mol. The molecule has 1 atom stereocenters. The number of likely N-dealkylation sites (tertiary alicyclic amines) is 1. The zero-order valence-electron chi connectivity index (χ0n) is 8.28. The monoisotopic (exact) mass is 211 g/mol. The zero-order chi connectivity index (χ0) is 10.3. The zero-order valence-corrected chi connectivity index (χ0v) is 9.10. The van der Waals surface area contributed by atoms with Gasteiger partial charge in [0.1, 0.15) is 0 Å². The molecule has 0 aliphatic carbocycles. The topological polar surface area (TPSA) is 41.0 Å². The van der Waals surface area contributed by atoms with Gasteiger partial charge in [-0.3, -0.25) is 4.79 Å². The minimum absolute atomic E-state index is 0.191. The Morgan fingerprint density at radius 1 is 1.64 bits per heavy atom. The van der Waals surface area contributed by atoms with Crippen molar-refractivity contribution in [3.05, 3.63) is 16.7 Å². The van der Waals surface area contributed by atoms with Crippen LogP contribution < -0.4 is 0 Å². The number of rotatable bonds is 1. The second-order valence-electron chi connectivity index (χ2n) is 3.78. The second-order valence-corrected chi connectivity index (χ2v) is 4.17. The number of nitrogens with zero attached hydrogens (tertiary/aromatic N) is 2. The van der Waals surface area contributed by atoms with Gasteiger partial charge < -0.3 is 14.5 Å². The van der Waals surface area contributed by atoms with Gasteiger partial charge in [-0.05, 0) is 19.1 Å². The van der Waals surface area contributed by atoms with E-state index in [1.165, 1.54) is 0 Å². The molecule has 1 aromatic rings. The molecule has 1 aliphatic heterocycles. The molecule has 0 bridgehead atoms. The molecule has 1 fully saturated rings. The Morgan fingerprint density at radius 3 is 2.79 bits per heavy atom. The van der Waals surface area contributed by atoms with E-state index in [4.69, 9.17) is 12.2 Å². The Kier molecular flexibility index (Phi) is 2.19. The maximum absolute atomic E-state index is 11.3. The summed E-state index contributed by atoms with van der Waals surface area (Å²) in [5, 5.41) is 0. The number of hydrogen-bond acceptors (Lipinski definition) is 2. The molecule has 1 N–H and O–H groups in total. The van der Waals surface area contributed by atoms with Crippen LogP contribution in [0, 0.1) is 11.7 Å². The van der Waals surface area contributed by atoms with Crippen LogP contribution in [-0.2, 0) is 4.79 Å². The molecule has 1 saturated heterocycles. The van der Waals surface area contributed by atoms with E-state index in [1.807, 2.05) is 24.7 Å². The van der Waals surface area contributed by atoms with Crippen molar-refractivity contribution in [3.63, 3.8) is 0 Å². The Morgan fingerprint density at radius 2 is 2.36 bits per heavy atom. The molecular formula is C9H13N3OS. The first kappa shape index (κ1) is 9.45. The van der Waals surface area contributed by atoms with Crippen LogP contribution in [-0.4, -0.2) is 34.0 Å². The lowest BCUT2D eigenvalue weighted by atomic mass is 10.2. The summed E-state index contributed by atoms with van der Waals surface area (Å²) in [6.07, 6.45) is 2.53. The maximum atomic E-state index is 11.3. The maximum Gasteiger partial charge on any atom is 0.224 e. The summed E-state index contributed by atoms with van der Waals surface area (Å²) in [6.45, 7) is 2.72. The van der Waals surface area contributed by atoms with Crippen LogP contribution in [0.5, 0.6) is 0 Å². The number of imidazole rings is 1. The van der Waals surface area contributed by atoms with Crippen molar-refractivity contribution in [2.45, 2.75) is 19.4 Å². The van der Waals surface area contributed by atoms with E-state index in [-0.39, 0.29) is 11.9 Å². The van der Waals surface area contributed by atoms with Crippen molar-refractivity contribution in [3.8, 4) is 0 Å². The second kappa shape index (κ2) is 3.24. The van der Waals surface area contributed by atoms with Gasteiger partial charge in [0.05, 0.1) is 6.04 Å². The van der Waals surface area contributed by atoms with Gasteiger partial charge in [-0.15, -0.1) is 0 Å². The summed E-state index contributed by atoms with van der Waals surface area (Å²) in [6, 6.07) is 0.199. The predicted molar refractivity (Wildman–Crippen MR) is 55.6 cm³/mol. The lowest BCUT2D eigenvalue weighted by Gasteiger charge is -2.10. The summed E-state index contributed by atoms with van der Waals surface area (Å²) in [4.78, 5) is 16.2. The minimum Gasteiger partial charge on any atom is -0.344 e. The molecule has 2 heterocycles. The largest absolute Gasteiger partial charge is 0.344 e. The Bertz CT molecular complexity index is 420. The van der Waals surface area contributed by atoms with Crippen molar-refractivity contribution in [2.75, 3.05) is 13.6 Å². The lowest BCUT2D eigenvalue weighted by molar-refractivity contribution is -0.126. The number of carbonyl (C=O) groups excluding carboxylic acids is 1. The molecule has 1 unspecified atom stereocenters. The van der Waals surface area contributed by atoms with Gasteiger partial charge in [-0.25, -0.2) is 0 Å². The SMILES string of the molecule is Cc1cn(C2CC(=O)N(C)C2)c(=S)[nH]1. The molecule has 0 saturated carbocycles. The molecule has 14 heavy (non-hydrogen) atoms. The fourth-order valence-electron chi connectivity index (χ4n) is 1.83. The number of aromatic amines is 1. The number of carbonyl (C=O) groups is 1. The van der Waals surface area contributed by atoms with Gasteiger partial charge in [0.25, 0.3) is 0 Å². The standard InChI is InChI=1S/C9H13N3OS/c1-6-4-12(9(14)10-6)7-3-8(13)11(2)5-7/h4,7H,3,5H2,1-2H3,(H,10,14). The molecule has 2 rings (SSSR count). The quantitative estimate of drug-likeness (QED) is 0.710. The van der Waals surface area contributed by atoms with E-state index >= 15 is 0 Å². The highest BCUT2D eigenvalue weighted by molar-refractivity contribution is 7.71. The van der Waals surface area contributed by atoms with Gasteiger partial charge in [-0.2, -0.15) is 0 Å². The van der Waals surface area contributed by atoms with Crippen LogP contribution in [0.2, 0.25) is 0 Å². The number of H-pyrrole nitrogens is 1. The molecule has 0 spiro atoms. The summed E-state index contributed by atoms with van der Waals surface area (Å²) >= 11 is 5.16. The third-order valence-electron chi connectivity index (χ3n) is 2.59. The van der Waals surface area contributed by atoms with Gasteiger partial charge in [0, 0.05) is 31.9 Å². The minimum atomic E-state index is 0.191. The summed E-state index contributed by atoms with van der Waals surface area (Å²) < 4.78 is 2.68. The molecular weight excluding hydrogens is 198 g/mol. The molecule has 5 heteroatoms. The molecule has 1 aromatic heterocycles. The summed E-state index contributed by atoms with van der Waals surface area (Å²) in [5.74, 6) is 0.191. The highest BCUT2D eigenvalue weighted by Gasteiger charge is 2.28. The highest BCUT2D eigenvalue weighted by atomic mass is 32.1. The van der Waals surface area contributed by atoms with E-state index in [1.54, 1.807) is 4.90 Å². The molecule has 4 nitrogen and oxygen atoms in total. The summed E-state index contributed by atoms with van der Waals surface area (Å²) in [7, 11) is 1.82. The Labute approximate surface area is 87.5 Å². The first-order chi connectivity index (χ1) is 6.58. The predicted octanol–water partition coefficient (Wildman–Crippen LogP) is 1.26. The third kappa shape index (κ3) is 1.48. The number of likely N-dealkylation sites (N-methyl/N-ethyl adjacent to an activating group) is 1.